The summed E-state index contributed by atoms with van der Waals surface area (Å²) in [4.78, 5) is 24.6. The highest BCUT2D eigenvalue weighted by Crippen LogP contribution is 2.23. The smallest absolute Gasteiger partial charge is 0.387 e. The quantitative estimate of drug-likeness (QED) is 0.759. The average Bonchev–Trinajstić information content (AvgIpc) is 2.97. The molecule has 0 fully saturated rings. The van der Waals surface area contributed by atoms with Gasteiger partial charge in [-0.1, -0.05) is 12.1 Å². The van der Waals surface area contributed by atoms with Crippen molar-refractivity contribution in [2.24, 2.45) is 0 Å². The maximum atomic E-state index is 12.5. The van der Waals surface area contributed by atoms with Crippen molar-refractivity contribution in [1.29, 1.82) is 0 Å². The van der Waals surface area contributed by atoms with Crippen molar-refractivity contribution in [2.75, 3.05) is 5.32 Å². The first kappa shape index (κ1) is 19.4. The molecule has 2 aromatic rings. The van der Waals surface area contributed by atoms with Crippen LogP contribution in [0.25, 0.3) is 0 Å². The molecule has 0 bridgehead atoms. The predicted molar refractivity (Wildman–Crippen MR) is 89.5 cm³/mol. The third kappa shape index (κ3) is 4.78. The lowest BCUT2D eigenvalue weighted by atomic mass is 10.2. The number of para-hydroxylation sites is 1. The minimum atomic E-state index is -3.07. The number of esters is 1. The molecule has 0 spiro atoms. The van der Waals surface area contributed by atoms with Gasteiger partial charge < -0.3 is 14.8 Å². The number of carbonyl (C=O) groups excluding carboxylic acids is 2. The summed E-state index contributed by atoms with van der Waals surface area (Å²) < 4.78 is 35.9. The van der Waals surface area contributed by atoms with Gasteiger partial charge in [0.25, 0.3) is 5.91 Å². The number of anilines is 1. The summed E-state index contributed by atoms with van der Waals surface area (Å²) in [7, 11) is 0. The van der Waals surface area contributed by atoms with Gasteiger partial charge in [-0.05, 0) is 32.9 Å². The van der Waals surface area contributed by atoms with Crippen LogP contribution in [-0.4, -0.2) is 34.4 Å². The Balaban J connectivity index is 2.29. The number of benzene rings is 1. The van der Waals surface area contributed by atoms with E-state index in [-0.39, 0.29) is 28.8 Å². The normalized spacial score (nSPS) is 10.9. The largest absolute Gasteiger partial charge is 0.458 e. The zero-order chi connectivity index (χ0) is 19.3. The Morgan fingerprint density at radius 1 is 1.27 bits per heavy atom. The third-order valence-corrected chi connectivity index (χ3v) is 3.22. The molecule has 0 radical (unpaired) electrons. The second-order valence-corrected chi connectivity index (χ2v) is 5.53. The molecule has 26 heavy (non-hydrogen) atoms. The number of nitrogens with zero attached hydrogens (tertiary/aromatic N) is 2. The van der Waals surface area contributed by atoms with Gasteiger partial charge >= 0.3 is 12.6 Å². The molecule has 140 valence electrons. The lowest BCUT2D eigenvalue weighted by Crippen LogP contribution is -2.18. The van der Waals surface area contributed by atoms with Gasteiger partial charge in [-0.2, -0.15) is 13.9 Å². The second kappa shape index (κ2) is 8.41. The fraction of sp³-hybridized carbons (Fsp3) is 0.353. The highest BCUT2D eigenvalue weighted by Gasteiger charge is 2.23. The van der Waals surface area contributed by atoms with Gasteiger partial charge in [0, 0.05) is 12.7 Å². The zero-order valence-corrected chi connectivity index (χ0v) is 14.5. The second-order valence-electron chi connectivity index (χ2n) is 5.53. The van der Waals surface area contributed by atoms with Crippen LogP contribution in [-0.2, 0) is 11.3 Å². The molecule has 1 amide bonds. The van der Waals surface area contributed by atoms with Crippen molar-refractivity contribution in [3.63, 3.8) is 0 Å². The van der Waals surface area contributed by atoms with Gasteiger partial charge in [0.2, 0.25) is 0 Å². The van der Waals surface area contributed by atoms with Gasteiger partial charge in [-0.3, -0.25) is 9.48 Å². The Hall–Kier alpha value is -2.97. The number of ether oxygens (including phenoxy) is 2. The number of carbonyl (C=O) groups is 2. The molecule has 2 rings (SSSR count). The van der Waals surface area contributed by atoms with Crippen LogP contribution in [0.2, 0.25) is 0 Å². The lowest BCUT2D eigenvalue weighted by molar-refractivity contribution is -0.0501. The average molecular weight is 367 g/mol. The molecule has 0 saturated heterocycles. The van der Waals surface area contributed by atoms with E-state index in [0.717, 1.165) is 0 Å². The van der Waals surface area contributed by atoms with E-state index in [4.69, 9.17) is 4.74 Å². The number of aromatic nitrogens is 2. The standard InChI is InChI=1S/C17H19F2N3O4/c1-4-22-9-12(14(21-22)16(24)25-10(2)3)20-15(23)11-7-5-6-8-13(11)26-17(18)19/h5-10,17H,4H2,1-3H3,(H,20,23). The van der Waals surface area contributed by atoms with Gasteiger partial charge in [-0.25, -0.2) is 4.79 Å². The molecular weight excluding hydrogens is 348 g/mol. The maximum Gasteiger partial charge on any atom is 0.387 e. The summed E-state index contributed by atoms with van der Waals surface area (Å²) in [5, 5.41) is 6.58. The van der Waals surface area contributed by atoms with Crippen molar-refractivity contribution in [3.8, 4) is 5.75 Å². The Labute approximate surface area is 148 Å². The molecule has 9 heteroatoms. The van der Waals surface area contributed by atoms with Crippen LogP contribution < -0.4 is 10.1 Å². The van der Waals surface area contributed by atoms with Gasteiger partial charge in [0.05, 0.1) is 17.4 Å². The lowest BCUT2D eigenvalue weighted by Gasteiger charge is -2.11. The predicted octanol–water partition coefficient (Wildman–Crippen LogP) is 3.32. The monoisotopic (exact) mass is 367 g/mol. The summed E-state index contributed by atoms with van der Waals surface area (Å²) >= 11 is 0. The van der Waals surface area contributed by atoms with E-state index in [2.05, 4.69) is 15.2 Å². The molecule has 0 unspecified atom stereocenters. The van der Waals surface area contributed by atoms with Crippen LogP contribution in [0.1, 0.15) is 41.6 Å². The van der Waals surface area contributed by atoms with E-state index >= 15 is 0 Å². The number of hydrogen-bond acceptors (Lipinski definition) is 5. The fourth-order valence-electron chi connectivity index (χ4n) is 2.14. The van der Waals surface area contributed by atoms with E-state index < -0.39 is 18.5 Å². The molecule has 0 aliphatic heterocycles. The summed E-state index contributed by atoms with van der Waals surface area (Å²) in [5.41, 5.74) is -0.0456. The van der Waals surface area contributed by atoms with Crippen molar-refractivity contribution < 1.29 is 27.8 Å². The van der Waals surface area contributed by atoms with E-state index in [9.17, 15) is 18.4 Å². The Morgan fingerprint density at radius 2 is 1.96 bits per heavy atom. The molecule has 1 N–H and O–H groups in total. The summed E-state index contributed by atoms with van der Waals surface area (Å²) in [6, 6.07) is 5.57. The van der Waals surface area contributed by atoms with Crippen LogP contribution in [0.4, 0.5) is 14.5 Å². The fourth-order valence-corrected chi connectivity index (χ4v) is 2.14. The summed E-state index contributed by atoms with van der Waals surface area (Å²) in [6.07, 6.45) is 1.10. The maximum absolute atomic E-state index is 12.5. The number of amides is 1. The Kier molecular flexibility index (Phi) is 6.26. The highest BCUT2D eigenvalue weighted by atomic mass is 19.3. The minimum Gasteiger partial charge on any atom is -0.458 e. The topological polar surface area (TPSA) is 82.5 Å². The highest BCUT2D eigenvalue weighted by molar-refractivity contribution is 6.08. The molecular formula is C17H19F2N3O4. The van der Waals surface area contributed by atoms with E-state index in [0.29, 0.717) is 6.54 Å². The van der Waals surface area contributed by atoms with Gasteiger partial charge in [-0.15, -0.1) is 0 Å². The Bertz CT molecular complexity index is 790. The van der Waals surface area contributed by atoms with E-state index in [1.54, 1.807) is 13.8 Å². The van der Waals surface area contributed by atoms with Crippen LogP contribution in [0.3, 0.4) is 0 Å². The van der Waals surface area contributed by atoms with Crippen molar-refractivity contribution in [2.45, 2.75) is 40.0 Å². The van der Waals surface area contributed by atoms with Crippen LogP contribution in [0.5, 0.6) is 5.75 Å². The summed E-state index contributed by atoms with van der Waals surface area (Å²) in [6.45, 7) is 2.57. The van der Waals surface area contributed by atoms with Crippen molar-refractivity contribution >= 4 is 17.6 Å². The first-order valence-corrected chi connectivity index (χ1v) is 7.95. The minimum absolute atomic E-state index is 0.0684. The molecule has 7 nitrogen and oxygen atoms in total. The number of rotatable bonds is 7. The first-order valence-electron chi connectivity index (χ1n) is 7.95. The van der Waals surface area contributed by atoms with Crippen molar-refractivity contribution in [3.05, 3.63) is 41.7 Å². The zero-order valence-electron chi connectivity index (χ0n) is 14.5. The molecule has 1 aromatic carbocycles. The molecule has 0 aliphatic carbocycles. The van der Waals surface area contributed by atoms with Crippen LogP contribution >= 0.6 is 0 Å². The third-order valence-electron chi connectivity index (χ3n) is 3.22. The van der Waals surface area contributed by atoms with E-state index in [1.165, 1.54) is 35.1 Å². The number of aryl methyl sites for hydroxylation is 1. The van der Waals surface area contributed by atoms with Gasteiger partial charge in [0.1, 0.15) is 5.75 Å². The summed E-state index contributed by atoms with van der Waals surface area (Å²) in [5.74, 6) is -1.68. The Morgan fingerprint density at radius 3 is 2.58 bits per heavy atom. The van der Waals surface area contributed by atoms with Gasteiger partial charge in [0.15, 0.2) is 5.69 Å². The SMILES string of the molecule is CCn1cc(NC(=O)c2ccccc2OC(F)F)c(C(=O)OC(C)C)n1. The first-order chi connectivity index (χ1) is 12.3. The van der Waals surface area contributed by atoms with Crippen LogP contribution in [0.15, 0.2) is 30.5 Å². The molecule has 1 heterocycles. The van der Waals surface area contributed by atoms with E-state index in [1.807, 2.05) is 6.92 Å². The molecule has 0 aliphatic rings. The number of halogens is 2. The number of hydrogen-bond donors (Lipinski definition) is 1. The molecule has 0 atom stereocenters. The number of alkyl halides is 2. The molecule has 0 saturated carbocycles. The van der Waals surface area contributed by atoms with Crippen molar-refractivity contribution in [1.82, 2.24) is 9.78 Å². The van der Waals surface area contributed by atoms with Crippen LogP contribution in [0, 0.1) is 0 Å². The number of nitrogens with one attached hydrogen (secondary N) is 1. The molecule has 1 aromatic heterocycles.